The molecule has 0 bridgehead atoms. The topological polar surface area (TPSA) is 88.0 Å². The Hall–Kier alpha value is -2.08. The van der Waals surface area contributed by atoms with Crippen LogP contribution in [0.1, 0.15) is 23.0 Å². The zero-order valence-electron chi connectivity index (χ0n) is 9.82. The summed E-state index contributed by atoms with van der Waals surface area (Å²) >= 11 is 1.12. The van der Waals surface area contributed by atoms with Crippen molar-refractivity contribution in [1.29, 1.82) is 0 Å². The van der Waals surface area contributed by atoms with E-state index in [1.807, 2.05) is 0 Å². The van der Waals surface area contributed by atoms with Crippen LogP contribution in [0, 0.1) is 0 Å². The summed E-state index contributed by atoms with van der Waals surface area (Å²) in [5, 5.41) is 4.89. The number of Topliss-reactive ketones (excluding diaryl/α,β-unsaturated/α-hetero) is 1. The normalized spacial score (nSPS) is 10.3. The highest BCUT2D eigenvalue weighted by Gasteiger charge is 2.05. The number of carbonyl (C=O) groups excluding carboxylic acids is 1. The maximum absolute atomic E-state index is 11.3. The molecule has 0 radical (unpaired) electrons. The Morgan fingerprint density at radius 3 is 2.89 bits per heavy atom. The number of anilines is 2. The number of benzene rings is 1. The van der Waals surface area contributed by atoms with E-state index in [0.29, 0.717) is 17.8 Å². The van der Waals surface area contributed by atoms with Gasteiger partial charge in [-0.05, 0) is 25.1 Å². The van der Waals surface area contributed by atoms with Crippen molar-refractivity contribution in [3.63, 3.8) is 0 Å². The lowest BCUT2D eigenvalue weighted by molar-refractivity contribution is 0.101. The smallest absolute Gasteiger partial charge is 0.304 e. The Kier molecular flexibility index (Phi) is 3.47. The SMILES string of the molecule is CC(=O)c1cc(NCc2csc(=O)[nH]2)ccc1N. The third-order valence-corrected chi connectivity index (χ3v) is 3.20. The van der Waals surface area contributed by atoms with E-state index in [-0.39, 0.29) is 10.7 Å². The van der Waals surface area contributed by atoms with Gasteiger partial charge in [0.2, 0.25) is 0 Å². The second-order valence-corrected chi connectivity index (χ2v) is 4.73. The van der Waals surface area contributed by atoms with Crippen molar-refractivity contribution in [2.45, 2.75) is 13.5 Å². The number of ketones is 1. The van der Waals surface area contributed by atoms with Gasteiger partial charge in [-0.2, -0.15) is 0 Å². The number of aromatic amines is 1. The number of thiazole rings is 1. The number of nitrogens with one attached hydrogen (secondary N) is 2. The van der Waals surface area contributed by atoms with E-state index >= 15 is 0 Å². The van der Waals surface area contributed by atoms with Crippen molar-refractivity contribution < 1.29 is 4.79 Å². The molecule has 0 saturated carbocycles. The van der Waals surface area contributed by atoms with Crippen molar-refractivity contribution in [3.8, 4) is 0 Å². The molecule has 0 aliphatic carbocycles. The van der Waals surface area contributed by atoms with Crippen LogP contribution in [0.15, 0.2) is 28.4 Å². The quantitative estimate of drug-likeness (QED) is 0.580. The molecule has 5 nitrogen and oxygen atoms in total. The van der Waals surface area contributed by atoms with E-state index in [0.717, 1.165) is 22.7 Å². The van der Waals surface area contributed by atoms with Crippen molar-refractivity contribution in [3.05, 3.63) is 44.5 Å². The van der Waals surface area contributed by atoms with Crippen molar-refractivity contribution in [1.82, 2.24) is 4.98 Å². The summed E-state index contributed by atoms with van der Waals surface area (Å²) in [5.41, 5.74) is 8.28. The van der Waals surface area contributed by atoms with Gasteiger partial charge < -0.3 is 16.0 Å². The molecule has 0 aliphatic heterocycles. The van der Waals surface area contributed by atoms with Gasteiger partial charge in [-0.15, -0.1) is 0 Å². The molecular formula is C12H13N3O2S. The lowest BCUT2D eigenvalue weighted by Crippen LogP contribution is -2.05. The maximum Gasteiger partial charge on any atom is 0.304 e. The van der Waals surface area contributed by atoms with E-state index in [2.05, 4.69) is 10.3 Å². The van der Waals surface area contributed by atoms with Crippen molar-refractivity contribution >= 4 is 28.5 Å². The standard InChI is InChI=1S/C12H13N3O2S/c1-7(16)10-4-8(2-3-11(10)13)14-5-9-6-18-12(17)15-9/h2-4,6,14H,5,13H2,1H3,(H,15,17). The van der Waals surface area contributed by atoms with Gasteiger partial charge in [0.1, 0.15) is 0 Å². The molecule has 94 valence electrons. The predicted molar refractivity (Wildman–Crippen MR) is 73.1 cm³/mol. The fraction of sp³-hybridized carbons (Fsp3) is 0.167. The Balaban J connectivity index is 2.12. The van der Waals surface area contributed by atoms with Crippen molar-refractivity contribution in [2.24, 2.45) is 0 Å². The molecule has 4 N–H and O–H groups in total. The number of aromatic nitrogens is 1. The predicted octanol–water partition coefficient (Wildman–Crippen LogP) is 1.83. The van der Waals surface area contributed by atoms with E-state index in [1.54, 1.807) is 23.6 Å². The molecule has 6 heteroatoms. The molecule has 1 heterocycles. The summed E-state index contributed by atoms with van der Waals surface area (Å²) in [6, 6.07) is 5.20. The Labute approximate surface area is 108 Å². The highest BCUT2D eigenvalue weighted by molar-refractivity contribution is 7.07. The third-order valence-electron chi connectivity index (χ3n) is 2.49. The molecular weight excluding hydrogens is 250 g/mol. The molecule has 18 heavy (non-hydrogen) atoms. The summed E-state index contributed by atoms with van der Waals surface area (Å²) in [6.45, 7) is 1.98. The molecule has 0 unspecified atom stereocenters. The molecule has 0 fully saturated rings. The molecule has 0 amide bonds. The van der Waals surface area contributed by atoms with Gasteiger partial charge in [-0.1, -0.05) is 11.3 Å². The molecule has 0 saturated heterocycles. The summed E-state index contributed by atoms with van der Waals surface area (Å²) < 4.78 is 0. The number of nitrogen functional groups attached to an aromatic ring is 1. The first-order valence-corrected chi connectivity index (χ1v) is 6.25. The second-order valence-electron chi connectivity index (χ2n) is 3.89. The van der Waals surface area contributed by atoms with Gasteiger partial charge in [0.15, 0.2) is 5.78 Å². The van der Waals surface area contributed by atoms with Crippen LogP contribution in [0.5, 0.6) is 0 Å². The van der Waals surface area contributed by atoms with Crippen LogP contribution in [0.2, 0.25) is 0 Å². The number of rotatable bonds is 4. The maximum atomic E-state index is 11.3. The number of hydrogen-bond donors (Lipinski definition) is 3. The van der Waals surface area contributed by atoms with Gasteiger partial charge in [-0.25, -0.2) is 0 Å². The Morgan fingerprint density at radius 1 is 1.50 bits per heavy atom. The van der Waals surface area contributed by atoms with Gasteiger partial charge >= 0.3 is 4.87 Å². The molecule has 0 aliphatic rings. The van der Waals surface area contributed by atoms with Crippen LogP contribution in [0.25, 0.3) is 0 Å². The molecule has 1 aromatic carbocycles. The summed E-state index contributed by atoms with van der Waals surface area (Å²) in [7, 11) is 0. The van der Waals surface area contributed by atoms with Crippen LogP contribution in [-0.4, -0.2) is 10.8 Å². The number of nitrogens with two attached hydrogens (primary N) is 1. The highest BCUT2D eigenvalue weighted by atomic mass is 32.1. The summed E-state index contributed by atoms with van der Waals surface area (Å²) in [5.74, 6) is -0.0694. The minimum absolute atomic E-state index is 0.0694. The van der Waals surface area contributed by atoms with Crippen molar-refractivity contribution in [2.75, 3.05) is 11.1 Å². The molecule has 1 aromatic heterocycles. The van der Waals surface area contributed by atoms with Crippen LogP contribution in [0.3, 0.4) is 0 Å². The first-order valence-electron chi connectivity index (χ1n) is 5.37. The Morgan fingerprint density at radius 2 is 2.28 bits per heavy atom. The molecule has 0 atom stereocenters. The molecule has 2 rings (SSSR count). The molecule has 2 aromatic rings. The van der Waals surface area contributed by atoms with E-state index < -0.39 is 0 Å². The molecule has 0 spiro atoms. The first-order chi connectivity index (χ1) is 8.56. The van der Waals surface area contributed by atoms with Crippen LogP contribution in [0.4, 0.5) is 11.4 Å². The zero-order chi connectivity index (χ0) is 13.1. The van der Waals surface area contributed by atoms with E-state index in [1.165, 1.54) is 6.92 Å². The van der Waals surface area contributed by atoms with Crippen LogP contribution < -0.4 is 15.9 Å². The Bertz CT molecular complexity index is 630. The van der Waals surface area contributed by atoms with Gasteiger partial charge in [0.05, 0.1) is 6.54 Å². The van der Waals surface area contributed by atoms with E-state index in [9.17, 15) is 9.59 Å². The van der Waals surface area contributed by atoms with E-state index in [4.69, 9.17) is 5.73 Å². The monoisotopic (exact) mass is 263 g/mol. The minimum atomic E-state index is -0.0754. The minimum Gasteiger partial charge on any atom is -0.398 e. The summed E-state index contributed by atoms with van der Waals surface area (Å²) in [4.78, 5) is 24.9. The second kappa shape index (κ2) is 5.05. The third kappa shape index (κ3) is 2.78. The number of hydrogen-bond acceptors (Lipinski definition) is 5. The van der Waals surface area contributed by atoms with Gasteiger partial charge in [-0.3, -0.25) is 9.59 Å². The lowest BCUT2D eigenvalue weighted by Gasteiger charge is -2.08. The average Bonchev–Trinajstić information content (AvgIpc) is 2.74. The zero-order valence-corrected chi connectivity index (χ0v) is 10.6. The number of carbonyl (C=O) groups is 1. The van der Waals surface area contributed by atoms with Crippen LogP contribution in [-0.2, 0) is 6.54 Å². The van der Waals surface area contributed by atoms with Gasteiger partial charge in [0.25, 0.3) is 0 Å². The van der Waals surface area contributed by atoms with Crippen LogP contribution >= 0.6 is 11.3 Å². The highest BCUT2D eigenvalue weighted by Crippen LogP contribution is 2.18. The van der Waals surface area contributed by atoms with Gasteiger partial charge in [0, 0.05) is 28.0 Å². The first kappa shape index (κ1) is 12.4. The summed E-state index contributed by atoms with van der Waals surface area (Å²) in [6.07, 6.45) is 0. The number of H-pyrrole nitrogens is 1. The fourth-order valence-electron chi connectivity index (χ4n) is 1.57. The lowest BCUT2D eigenvalue weighted by atomic mass is 10.1. The largest absolute Gasteiger partial charge is 0.398 e. The average molecular weight is 263 g/mol. The fourth-order valence-corrected chi connectivity index (χ4v) is 2.15.